The molecule has 32 heavy (non-hydrogen) atoms. The van der Waals surface area contributed by atoms with Crippen LogP contribution >= 0.6 is 0 Å². The minimum Gasteiger partial charge on any atom is -0.494 e. The number of unbranched alkanes of at least 4 members (excludes halogenated alkanes) is 7. The molecule has 0 unspecified atom stereocenters. The van der Waals surface area contributed by atoms with E-state index < -0.39 is 0 Å². The summed E-state index contributed by atoms with van der Waals surface area (Å²) in [4.78, 5) is 0. The van der Waals surface area contributed by atoms with Crippen molar-refractivity contribution in [2.24, 2.45) is 5.92 Å². The van der Waals surface area contributed by atoms with Crippen LogP contribution in [-0.2, 0) is 0 Å². The molecule has 0 aromatic heterocycles. The highest BCUT2D eigenvalue weighted by molar-refractivity contribution is 5.64. The molecule has 1 fully saturated rings. The second-order valence-electron chi connectivity index (χ2n) is 9.98. The lowest BCUT2D eigenvalue weighted by Gasteiger charge is -2.29. The minimum absolute atomic E-state index is 0.767. The predicted octanol–water partition coefficient (Wildman–Crippen LogP) is 9.95. The van der Waals surface area contributed by atoms with Crippen LogP contribution in [0.25, 0.3) is 11.1 Å². The normalized spacial score (nSPS) is 18.6. The highest BCUT2D eigenvalue weighted by atomic mass is 16.5. The first-order valence-corrected chi connectivity index (χ1v) is 13.6. The first-order valence-electron chi connectivity index (χ1n) is 13.6. The highest BCUT2D eigenvalue weighted by Gasteiger charge is 2.22. The Kier molecular flexibility index (Phi) is 11.2. The molecular formula is C31H46O. The van der Waals surface area contributed by atoms with Crippen molar-refractivity contribution in [2.75, 3.05) is 6.61 Å². The molecule has 0 spiro atoms. The van der Waals surface area contributed by atoms with Gasteiger partial charge in [-0.3, -0.25) is 0 Å². The van der Waals surface area contributed by atoms with Crippen molar-refractivity contribution >= 4 is 0 Å². The van der Waals surface area contributed by atoms with Crippen molar-refractivity contribution in [1.29, 1.82) is 0 Å². The lowest BCUT2D eigenvalue weighted by Crippen LogP contribution is -2.13. The summed E-state index contributed by atoms with van der Waals surface area (Å²) in [5.74, 6) is 2.72. The van der Waals surface area contributed by atoms with Gasteiger partial charge in [-0.05, 0) is 72.8 Å². The van der Waals surface area contributed by atoms with E-state index in [-0.39, 0.29) is 0 Å². The van der Waals surface area contributed by atoms with E-state index in [1.54, 1.807) is 5.56 Å². The van der Waals surface area contributed by atoms with Gasteiger partial charge < -0.3 is 4.74 Å². The molecule has 0 saturated heterocycles. The van der Waals surface area contributed by atoms with E-state index in [0.29, 0.717) is 0 Å². The molecule has 0 aliphatic heterocycles. The number of hydrogen-bond donors (Lipinski definition) is 0. The summed E-state index contributed by atoms with van der Waals surface area (Å²) in [6.07, 6.45) is 19.7. The fourth-order valence-electron chi connectivity index (χ4n) is 5.26. The average molecular weight is 435 g/mol. The molecule has 2 aromatic carbocycles. The summed E-state index contributed by atoms with van der Waals surface area (Å²) in [7, 11) is 0. The number of ether oxygens (including phenoxy) is 1. The molecule has 1 aliphatic carbocycles. The highest BCUT2D eigenvalue weighted by Crippen LogP contribution is 2.38. The van der Waals surface area contributed by atoms with Crippen molar-refractivity contribution in [3.63, 3.8) is 0 Å². The standard InChI is InChI=1S/C31H46O/c1-3-5-6-7-8-9-10-11-12-26-13-15-27(16-14-26)28-17-19-29(20-18-28)30-21-23-31(24-22-30)32-25-4-2/h17-24,26-27H,3-16,25H2,1-2H3. The monoisotopic (exact) mass is 434 g/mol. The van der Waals surface area contributed by atoms with Crippen molar-refractivity contribution in [3.05, 3.63) is 54.1 Å². The Morgan fingerprint density at radius 2 is 1.19 bits per heavy atom. The molecule has 0 radical (unpaired) electrons. The molecular weight excluding hydrogens is 388 g/mol. The third-order valence-electron chi connectivity index (χ3n) is 7.36. The van der Waals surface area contributed by atoms with Crippen LogP contribution in [0.5, 0.6) is 5.75 Å². The Balaban J connectivity index is 1.36. The van der Waals surface area contributed by atoms with Gasteiger partial charge in [0.25, 0.3) is 0 Å². The molecule has 0 N–H and O–H groups in total. The zero-order valence-electron chi connectivity index (χ0n) is 20.8. The van der Waals surface area contributed by atoms with E-state index in [2.05, 4.69) is 62.4 Å². The Labute approximate surface area is 198 Å². The van der Waals surface area contributed by atoms with Gasteiger partial charge in [-0.1, -0.05) is 108 Å². The first-order chi connectivity index (χ1) is 15.8. The van der Waals surface area contributed by atoms with Gasteiger partial charge in [-0.25, -0.2) is 0 Å². The van der Waals surface area contributed by atoms with E-state index in [4.69, 9.17) is 4.74 Å². The molecule has 1 saturated carbocycles. The largest absolute Gasteiger partial charge is 0.494 e. The first kappa shape index (κ1) is 24.9. The Hall–Kier alpha value is -1.76. The Bertz CT molecular complexity index is 722. The van der Waals surface area contributed by atoms with Crippen molar-refractivity contribution < 1.29 is 4.74 Å². The van der Waals surface area contributed by atoms with Crippen LogP contribution in [0.3, 0.4) is 0 Å². The molecule has 1 aliphatic rings. The van der Waals surface area contributed by atoms with Crippen molar-refractivity contribution in [2.45, 2.75) is 110 Å². The van der Waals surface area contributed by atoms with Crippen molar-refractivity contribution in [3.8, 4) is 16.9 Å². The third kappa shape index (κ3) is 8.30. The van der Waals surface area contributed by atoms with Crippen LogP contribution in [0.4, 0.5) is 0 Å². The van der Waals surface area contributed by atoms with Gasteiger partial charge in [0.15, 0.2) is 0 Å². The van der Waals surface area contributed by atoms with Crippen LogP contribution in [0.15, 0.2) is 48.5 Å². The topological polar surface area (TPSA) is 9.23 Å². The Morgan fingerprint density at radius 3 is 1.78 bits per heavy atom. The van der Waals surface area contributed by atoms with Crippen LogP contribution in [0.2, 0.25) is 0 Å². The van der Waals surface area contributed by atoms with E-state index in [1.807, 2.05) is 0 Å². The van der Waals surface area contributed by atoms with Gasteiger partial charge in [0.2, 0.25) is 0 Å². The zero-order chi connectivity index (χ0) is 22.4. The maximum atomic E-state index is 5.71. The van der Waals surface area contributed by atoms with Gasteiger partial charge >= 0.3 is 0 Å². The van der Waals surface area contributed by atoms with E-state index in [0.717, 1.165) is 30.6 Å². The quantitative estimate of drug-likeness (QED) is 0.269. The summed E-state index contributed by atoms with van der Waals surface area (Å²) in [5.41, 5.74) is 4.12. The molecule has 2 aromatic rings. The molecule has 0 bridgehead atoms. The minimum atomic E-state index is 0.767. The lowest BCUT2D eigenvalue weighted by atomic mass is 9.77. The SMILES string of the molecule is CCCCCCCCCCC1CCC(c2ccc(-c3ccc(OCCC)cc3)cc2)CC1. The summed E-state index contributed by atoms with van der Waals surface area (Å²) in [5, 5.41) is 0. The zero-order valence-corrected chi connectivity index (χ0v) is 20.8. The van der Waals surface area contributed by atoms with E-state index >= 15 is 0 Å². The van der Waals surface area contributed by atoms with Gasteiger partial charge in [0.05, 0.1) is 6.61 Å². The number of rotatable bonds is 14. The molecule has 0 atom stereocenters. The smallest absolute Gasteiger partial charge is 0.119 e. The molecule has 0 heterocycles. The molecule has 1 heteroatoms. The molecule has 0 amide bonds. The molecule has 176 valence electrons. The van der Waals surface area contributed by atoms with Crippen LogP contribution in [0.1, 0.15) is 115 Å². The van der Waals surface area contributed by atoms with Crippen molar-refractivity contribution in [1.82, 2.24) is 0 Å². The number of hydrogen-bond acceptors (Lipinski definition) is 1. The summed E-state index contributed by atoms with van der Waals surface area (Å²) in [6, 6.07) is 17.9. The lowest BCUT2D eigenvalue weighted by molar-refractivity contribution is 0.302. The Morgan fingerprint density at radius 1 is 0.625 bits per heavy atom. The third-order valence-corrected chi connectivity index (χ3v) is 7.36. The van der Waals surface area contributed by atoms with Gasteiger partial charge in [-0.2, -0.15) is 0 Å². The predicted molar refractivity (Wildman–Crippen MR) is 140 cm³/mol. The maximum Gasteiger partial charge on any atom is 0.119 e. The second kappa shape index (κ2) is 14.4. The summed E-state index contributed by atoms with van der Waals surface area (Å²) in [6.45, 7) is 5.23. The van der Waals surface area contributed by atoms with Gasteiger partial charge in [0, 0.05) is 0 Å². The van der Waals surface area contributed by atoms with Crippen LogP contribution in [-0.4, -0.2) is 6.61 Å². The van der Waals surface area contributed by atoms with Gasteiger partial charge in [-0.15, -0.1) is 0 Å². The van der Waals surface area contributed by atoms with Crippen LogP contribution in [0, 0.1) is 5.92 Å². The summed E-state index contributed by atoms with van der Waals surface area (Å²) >= 11 is 0. The molecule has 3 rings (SSSR count). The van der Waals surface area contributed by atoms with E-state index in [9.17, 15) is 0 Å². The fraction of sp³-hybridized carbons (Fsp3) is 0.613. The summed E-state index contributed by atoms with van der Waals surface area (Å²) < 4.78 is 5.71. The second-order valence-corrected chi connectivity index (χ2v) is 9.98. The number of benzene rings is 2. The fourth-order valence-corrected chi connectivity index (χ4v) is 5.26. The van der Waals surface area contributed by atoms with Gasteiger partial charge in [0.1, 0.15) is 5.75 Å². The maximum absolute atomic E-state index is 5.71. The van der Waals surface area contributed by atoms with E-state index in [1.165, 1.54) is 94.6 Å². The average Bonchev–Trinajstić information content (AvgIpc) is 2.85. The van der Waals surface area contributed by atoms with Crippen LogP contribution < -0.4 is 4.74 Å². The molecule has 1 nitrogen and oxygen atoms in total.